The van der Waals surface area contributed by atoms with Crippen LogP contribution in [0.1, 0.15) is 59.9 Å². The Morgan fingerprint density at radius 1 is 1.00 bits per heavy atom. The first kappa shape index (κ1) is 15.1. The lowest BCUT2D eigenvalue weighted by atomic mass is 9.72. The molecule has 0 N–H and O–H groups in total. The predicted molar refractivity (Wildman–Crippen MR) is 79.3 cm³/mol. The molecule has 18 heavy (non-hydrogen) atoms. The average Bonchev–Trinajstić information content (AvgIpc) is 2.23. The Balaban J connectivity index is 2.99. The van der Waals surface area contributed by atoms with E-state index in [2.05, 4.69) is 65.8 Å². The van der Waals surface area contributed by atoms with Crippen molar-refractivity contribution in [2.24, 2.45) is 5.41 Å². The van der Waals surface area contributed by atoms with E-state index in [1.807, 2.05) is 0 Å². The largest absolute Gasteiger partial charge is 0.493 e. The molecule has 0 amide bonds. The van der Waals surface area contributed by atoms with Crippen LogP contribution in [0.25, 0.3) is 0 Å². The van der Waals surface area contributed by atoms with E-state index in [0.29, 0.717) is 5.41 Å². The van der Waals surface area contributed by atoms with Crippen molar-refractivity contribution in [1.82, 2.24) is 0 Å². The van der Waals surface area contributed by atoms with E-state index < -0.39 is 0 Å². The van der Waals surface area contributed by atoms with Gasteiger partial charge in [0.15, 0.2) is 0 Å². The topological polar surface area (TPSA) is 9.23 Å². The quantitative estimate of drug-likeness (QED) is 0.697. The van der Waals surface area contributed by atoms with E-state index in [0.717, 1.165) is 25.2 Å². The number of hydrogen-bond acceptors (Lipinski definition) is 1. The smallest absolute Gasteiger partial charge is 0.123 e. The molecule has 0 saturated carbocycles. The molecule has 0 aromatic heterocycles. The molecule has 0 heterocycles. The van der Waals surface area contributed by atoms with Gasteiger partial charge in [0.25, 0.3) is 0 Å². The second kappa shape index (κ2) is 5.77. The molecular formula is C17H28O. The van der Waals surface area contributed by atoms with Crippen LogP contribution in [-0.4, -0.2) is 6.61 Å². The van der Waals surface area contributed by atoms with Gasteiger partial charge in [0.1, 0.15) is 5.75 Å². The van der Waals surface area contributed by atoms with Crippen molar-refractivity contribution in [1.29, 1.82) is 0 Å². The molecular weight excluding hydrogens is 220 g/mol. The number of para-hydroxylation sites is 1. The summed E-state index contributed by atoms with van der Waals surface area (Å²) in [5, 5.41) is 0. The summed E-state index contributed by atoms with van der Waals surface area (Å²) in [6.45, 7) is 14.4. The monoisotopic (exact) mass is 248 g/mol. The molecule has 0 aliphatic carbocycles. The van der Waals surface area contributed by atoms with Gasteiger partial charge in [-0.15, -0.1) is 0 Å². The highest BCUT2D eigenvalue weighted by Crippen LogP contribution is 2.40. The van der Waals surface area contributed by atoms with Crippen molar-refractivity contribution < 1.29 is 4.74 Å². The molecule has 0 unspecified atom stereocenters. The number of ether oxygens (including phenoxy) is 1. The summed E-state index contributed by atoms with van der Waals surface area (Å²) >= 11 is 0. The van der Waals surface area contributed by atoms with Crippen molar-refractivity contribution in [3.05, 3.63) is 29.8 Å². The fourth-order valence-corrected chi connectivity index (χ4v) is 2.78. The third-order valence-corrected chi connectivity index (χ3v) is 3.05. The first-order chi connectivity index (χ1) is 8.26. The number of hydrogen-bond donors (Lipinski definition) is 0. The molecule has 1 aromatic rings. The van der Waals surface area contributed by atoms with Crippen LogP contribution in [0, 0.1) is 5.41 Å². The van der Waals surface area contributed by atoms with Gasteiger partial charge in [0.05, 0.1) is 6.61 Å². The SMILES string of the molecule is CCCOc1ccccc1C(C)(C)CC(C)(C)C. The summed E-state index contributed by atoms with van der Waals surface area (Å²) in [7, 11) is 0. The van der Waals surface area contributed by atoms with E-state index in [-0.39, 0.29) is 5.41 Å². The lowest BCUT2D eigenvalue weighted by Crippen LogP contribution is -2.25. The van der Waals surface area contributed by atoms with Crippen LogP contribution in [-0.2, 0) is 5.41 Å². The Hall–Kier alpha value is -0.980. The Kier molecular flexibility index (Phi) is 4.84. The Labute approximate surface area is 113 Å². The zero-order valence-corrected chi connectivity index (χ0v) is 12.8. The summed E-state index contributed by atoms with van der Waals surface area (Å²) < 4.78 is 5.89. The van der Waals surface area contributed by atoms with E-state index in [1.165, 1.54) is 5.56 Å². The molecule has 0 saturated heterocycles. The Morgan fingerprint density at radius 2 is 1.61 bits per heavy atom. The third-order valence-electron chi connectivity index (χ3n) is 3.05. The van der Waals surface area contributed by atoms with E-state index in [1.54, 1.807) is 0 Å². The maximum atomic E-state index is 5.89. The molecule has 0 radical (unpaired) electrons. The predicted octanol–water partition coefficient (Wildman–Crippen LogP) is 5.19. The molecule has 102 valence electrons. The highest BCUT2D eigenvalue weighted by Gasteiger charge is 2.29. The minimum Gasteiger partial charge on any atom is -0.493 e. The van der Waals surface area contributed by atoms with Crippen LogP contribution in [0.2, 0.25) is 0 Å². The highest BCUT2D eigenvalue weighted by atomic mass is 16.5. The summed E-state index contributed by atoms with van der Waals surface area (Å²) in [4.78, 5) is 0. The summed E-state index contributed by atoms with van der Waals surface area (Å²) in [6, 6.07) is 8.46. The minimum absolute atomic E-state index is 0.141. The van der Waals surface area contributed by atoms with E-state index in [4.69, 9.17) is 4.74 Å². The summed E-state index contributed by atoms with van der Waals surface area (Å²) in [5.41, 5.74) is 1.79. The molecule has 0 fully saturated rings. The third kappa shape index (κ3) is 4.36. The van der Waals surface area contributed by atoms with Crippen LogP contribution < -0.4 is 4.74 Å². The first-order valence-electron chi connectivity index (χ1n) is 6.98. The number of benzene rings is 1. The standard InChI is InChI=1S/C17H28O/c1-7-12-18-15-11-9-8-10-14(15)17(5,6)13-16(2,3)4/h8-11H,7,12-13H2,1-6H3. The van der Waals surface area contributed by atoms with Gasteiger partial charge in [-0.1, -0.05) is 59.7 Å². The van der Waals surface area contributed by atoms with Gasteiger partial charge in [-0.05, 0) is 35.3 Å². The van der Waals surface area contributed by atoms with E-state index >= 15 is 0 Å². The Bertz CT molecular complexity index is 371. The normalized spacial score (nSPS) is 12.6. The van der Waals surface area contributed by atoms with Gasteiger partial charge in [-0.2, -0.15) is 0 Å². The molecule has 0 aliphatic rings. The van der Waals surface area contributed by atoms with Crippen molar-refractivity contribution in [3.8, 4) is 5.75 Å². The number of rotatable bonds is 5. The lowest BCUT2D eigenvalue weighted by molar-refractivity contribution is 0.266. The highest BCUT2D eigenvalue weighted by molar-refractivity contribution is 5.39. The minimum atomic E-state index is 0.141. The van der Waals surface area contributed by atoms with Crippen molar-refractivity contribution in [3.63, 3.8) is 0 Å². The van der Waals surface area contributed by atoms with Crippen molar-refractivity contribution in [2.75, 3.05) is 6.61 Å². The van der Waals surface area contributed by atoms with Gasteiger partial charge >= 0.3 is 0 Å². The maximum Gasteiger partial charge on any atom is 0.123 e. The second-order valence-corrected chi connectivity index (χ2v) is 6.97. The fraction of sp³-hybridized carbons (Fsp3) is 0.647. The van der Waals surface area contributed by atoms with Crippen molar-refractivity contribution >= 4 is 0 Å². The molecule has 0 bridgehead atoms. The summed E-state index contributed by atoms with van der Waals surface area (Å²) in [5.74, 6) is 1.05. The van der Waals surface area contributed by atoms with Gasteiger partial charge in [0, 0.05) is 0 Å². The zero-order valence-electron chi connectivity index (χ0n) is 12.8. The molecule has 0 aliphatic heterocycles. The van der Waals surface area contributed by atoms with Gasteiger partial charge < -0.3 is 4.74 Å². The van der Waals surface area contributed by atoms with Gasteiger partial charge in [-0.3, -0.25) is 0 Å². The lowest BCUT2D eigenvalue weighted by Gasteiger charge is -2.34. The fourth-order valence-electron chi connectivity index (χ4n) is 2.78. The molecule has 1 heteroatoms. The molecule has 0 spiro atoms. The average molecular weight is 248 g/mol. The van der Waals surface area contributed by atoms with Crippen LogP contribution in [0.4, 0.5) is 0 Å². The summed E-state index contributed by atoms with van der Waals surface area (Å²) in [6.07, 6.45) is 2.19. The van der Waals surface area contributed by atoms with Crippen LogP contribution in [0.15, 0.2) is 24.3 Å². The molecule has 1 nitrogen and oxygen atoms in total. The molecule has 1 rings (SSSR count). The molecule has 0 atom stereocenters. The van der Waals surface area contributed by atoms with Gasteiger partial charge in [-0.25, -0.2) is 0 Å². The first-order valence-corrected chi connectivity index (χ1v) is 6.98. The zero-order chi connectivity index (χ0) is 13.8. The van der Waals surface area contributed by atoms with Crippen LogP contribution in [0.5, 0.6) is 5.75 Å². The van der Waals surface area contributed by atoms with Crippen molar-refractivity contribution in [2.45, 2.75) is 59.8 Å². The van der Waals surface area contributed by atoms with Crippen LogP contribution in [0.3, 0.4) is 0 Å². The molecule has 1 aromatic carbocycles. The Morgan fingerprint density at radius 3 is 2.17 bits per heavy atom. The van der Waals surface area contributed by atoms with Crippen LogP contribution >= 0.6 is 0 Å². The van der Waals surface area contributed by atoms with E-state index in [9.17, 15) is 0 Å². The second-order valence-electron chi connectivity index (χ2n) is 6.97. The van der Waals surface area contributed by atoms with Gasteiger partial charge in [0.2, 0.25) is 0 Å². The maximum absolute atomic E-state index is 5.89.